The highest BCUT2D eigenvalue weighted by Gasteiger charge is 2.20. The first-order valence-corrected chi connectivity index (χ1v) is 9.90. The zero-order valence-electron chi connectivity index (χ0n) is 16.1. The molecule has 1 N–H and O–H groups in total. The summed E-state index contributed by atoms with van der Waals surface area (Å²) in [5.74, 6) is 1.44. The van der Waals surface area contributed by atoms with Crippen LogP contribution in [0.5, 0.6) is 0 Å². The van der Waals surface area contributed by atoms with Gasteiger partial charge in [-0.25, -0.2) is 0 Å². The van der Waals surface area contributed by atoms with Crippen molar-refractivity contribution in [3.63, 3.8) is 0 Å². The van der Waals surface area contributed by atoms with E-state index in [1.54, 1.807) is 11.8 Å². The summed E-state index contributed by atoms with van der Waals surface area (Å²) in [6, 6.07) is 16.5. The molecule has 1 amide bonds. The van der Waals surface area contributed by atoms with Crippen molar-refractivity contribution in [1.82, 2.24) is 20.1 Å². The summed E-state index contributed by atoms with van der Waals surface area (Å²) in [6.07, 6.45) is 0. The Morgan fingerprint density at radius 1 is 1.11 bits per heavy atom. The zero-order chi connectivity index (χ0) is 19.4. The van der Waals surface area contributed by atoms with Crippen LogP contribution in [-0.4, -0.2) is 20.7 Å². The van der Waals surface area contributed by atoms with E-state index in [-0.39, 0.29) is 11.9 Å². The number of nitrogens with zero attached hydrogens (tertiary/aromatic N) is 3. The van der Waals surface area contributed by atoms with E-state index < -0.39 is 0 Å². The standard InChI is InChI=1S/C21H24N4OS/c1-14-8-10-19(11-9-14)25-20(16(3)22-17(4)26)23-24-21(25)27-13-18-7-5-6-15(2)12-18/h5-12,16H,13H2,1-4H3,(H,22,26). The van der Waals surface area contributed by atoms with E-state index in [0.717, 1.165) is 22.4 Å². The summed E-state index contributed by atoms with van der Waals surface area (Å²) in [4.78, 5) is 11.5. The number of benzene rings is 2. The Kier molecular flexibility index (Phi) is 5.96. The molecule has 1 unspecified atom stereocenters. The van der Waals surface area contributed by atoms with Gasteiger partial charge in [0, 0.05) is 18.4 Å². The van der Waals surface area contributed by atoms with Gasteiger partial charge in [-0.2, -0.15) is 0 Å². The van der Waals surface area contributed by atoms with E-state index in [2.05, 4.69) is 77.9 Å². The van der Waals surface area contributed by atoms with Crippen LogP contribution < -0.4 is 5.32 Å². The van der Waals surface area contributed by atoms with E-state index in [1.165, 1.54) is 23.6 Å². The van der Waals surface area contributed by atoms with Crippen LogP contribution in [0.2, 0.25) is 0 Å². The van der Waals surface area contributed by atoms with E-state index in [9.17, 15) is 4.79 Å². The Morgan fingerprint density at radius 3 is 2.52 bits per heavy atom. The number of hydrogen-bond donors (Lipinski definition) is 1. The van der Waals surface area contributed by atoms with Crippen LogP contribution in [0.4, 0.5) is 0 Å². The Morgan fingerprint density at radius 2 is 1.85 bits per heavy atom. The third kappa shape index (κ3) is 4.77. The Labute approximate surface area is 164 Å². The second-order valence-corrected chi connectivity index (χ2v) is 7.65. The number of hydrogen-bond acceptors (Lipinski definition) is 4. The Balaban J connectivity index is 1.94. The van der Waals surface area contributed by atoms with E-state index in [4.69, 9.17) is 0 Å². The lowest BCUT2D eigenvalue weighted by molar-refractivity contribution is -0.119. The van der Waals surface area contributed by atoms with Crippen molar-refractivity contribution in [2.75, 3.05) is 0 Å². The van der Waals surface area contributed by atoms with E-state index in [0.29, 0.717) is 0 Å². The van der Waals surface area contributed by atoms with Gasteiger partial charge in [-0.15, -0.1) is 10.2 Å². The molecular formula is C21H24N4OS. The molecule has 3 rings (SSSR count). The molecule has 0 bridgehead atoms. The first-order chi connectivity index (χ1) is 12.9. The topological polar surface area (TPSA) is 59.8 Å². The molecule has 2 aromatic carbocycles. The van der Waals surface area contributed by atoms with Crippen LogP contribution in [0.15, 0.2) is 53.7 Å². The third-order valence-corrected chi connectivity index (χ3v) is 5.21. The molecule has 3 aromatic rings. The molecule has 0 saturated heterocycles. The van der Waals surface area contributed by atoms with E-state index in [1.807, 2.05) is 11.5 Å². The summed E-state index contributed by atoms with van der Waals surface area (Å²) >= 11 is 1.64. The highest BCUT2D eigenvalue weighted by atomic mass is 32.2. The third-order valence-electron chi connectivity index (χ3n) is 4.21. The van der Waals surface area contributed by atoms with Gasteiger partial charge in [-0.05, 0) is 38.5 Å². The molecule has 0 radical (unpaired) electrons. The first kappa shape index (κ1) is 19.2. The molecule has 0 aliphatic rings. The van der Waals surface area contributed by atoms with Gasteiger partial charge in [0.15, 0.2) is 11.0 Å². The average molecular weight is 381 g/mol. The van der Waals surface area contributed by atoms with Crippen molar-refractivity contribution < 1.29 is 4.79 Å². The Bertz CT molecular complexity index is 934. The second kappa shape index (κ2) is 8.39. The van der Waals surface area contributed by atoms with Crippen molar-refractivity contribution >= 4 is 17.7 Å². The molecule has 27 heavy (non-hydrogen) atoms. The summed E-state index contributed by atoms with van der Waals surface area (Å²) in [5.41, 5.74) is 4.67. The van der Waals surface area contributed by atoms with Crippen LogP contribution in [0.25, 0.3) is 5.69 Å². The lowest BCUT2D eigenvalue weighted by Crippen LogP contribution is -2.26. The number of nitrogens with one attached hydrogen (secondary N) is 1. The predicted octanol–water partition coefficient (Wildman–Crippen LogP) is 4.37. The first-order valence-electron chi connectivity index (χ1n) is 8.92. The van der Waals surface area contributed by atoms with Crippen LogP contribution in [0.1, 0.15) is 42.4 Å². The highest BCUT2D eigenvalue weighted by molar-refractivity contribution is 7.98. The van der Waals surface area contributed by atoms with Crippen LogP contribution in [-0.2, 0) is 10.5 Å². The van der Waals surface area contributed by atoms with Gasteiger partial charge < -0.3 is 5.32 Å². The van der Waals surface area contributed by atoms with Crippen molar-refractivity contribution in [3.05, 3.63) is 71.0 Å². The van der Waals surface area contributed by atoms with E-state index >= 15 is 0 Å². The maximum absolute atomic E-state index is 11.5. The molecule has 0 fully saturated rings. The molecule has 1 atom stereocenters. The quantitative estimate of drug-likeness (QED) is 0.645. The van der Waals surface area contributed by atoms with Crippen LogP contribution in [0, 0.1) is 13.8 Å². The minimum absolute atomic E-state index is 0.0880. The maximum Gasteiger partial charge on any atom is 0.217 e. The lowest BCUT2D eigenvalue weighted by atomic mass is 10.2. The minimum atomic E-state index is -0.232. The molecule has 140 valence electrons. The normalized spacial score (nSPS) is 12.0. The number of aryl methyl sites for hydroxylation is 2. The van der Waals surface area contributed by atoms with Gasteiger partial charge >= 0.3 is 0 Å². The number of amides is 1. The fraction of sp³-hybridized carbons (Fsp3) is 0.286. The smallest absolute Gasteiger partial charge is 0.217 e. The number of aromatic nitrogens is 3. The zero-order valence-corrected chi connectivity index (χ0v) is 16.9. The van der Waals surface area contributed by atoms with Gasteiger partial charge in [0.2, 0.25) is 5.91 Å². The fourth-order valence-electron chi connectivity index (χ4n) is 2.91. The summed E-state index contributed by atoms with van der Waals surface area (Å²) in [7, 11) is 0. The van der Waals surface area contributed by atoms with Crippen molar-refractivity contribution in [2.45, 2.75) is 44.6 Å². The molecule has 1 aromatic heterocycles. The molecule has 1 heterocycles. The summed E-state index contributed by atoms with van der Waals surface area (Å²) in [6.45, 7) is 7.59. The monoisotopic (exact) mass is 380 g/mol. The van der Waals surface area contributed by atoms with Crippen molar-refractivity contribution in [1.29, 1.82) is 0 Å². The van der Waals surface area contributed by atoms with Gasteiger partial charge in [-0.1, -0.05) is 59.3 Å². The SMILES string of the molecule is CC(=O)NC(C)c1nnc(SCc2cccc(C)c2)n1-c1ccc(C)cc1. The van der Waals surface area contributed by atoms with Gasteiger partial charge in [-0.3, -0.25) is 9.36 Å². The predicted molar refractivity (Wildman–Crippen MR) is 109 cm³/mol. The number of rotatable bonds is 6. The van der Waals surface area contributed by atoms with Gasteiger partial charge in [0.1, 0.15) is 0 Å². The fourth-order valence-corrected chi connectivity index (χ4v) is 3.81. The second-order valence-electron chi connectivity index (χ2n) is 6.71. The molecule has 0 spiro atoms. The summed E-state index contributed by atoms with van der Waals surface area (Å²) < 4.78 is 2.03. The molecular weight excluding hydrogens is 356 g/mol. The lowest BCUT2D eigenvalue weighted by Gasteiger charge is -2.15. The molecule has 0 aliphatic heterocycles. The van der Waals surface area contributed by atoms with Crippen molar-refractivity contribution in [3.8, 4) is 5.69 Å². The maximum atomic E-state index is 11.5. The van der Waals surface area contributed by atoms with Crippen LogP contribution >= 0.6 is 11.8 Å². The minimum Gasteiger partial charge on any atom is -0.347 e. The largest absolute Gasteiger partial charge is 0.347 e. The van der Waals surface area contributed by atoms with Gasteiger partial charge in [0.05, 0.1) is 6.04 Å². The average Bonchev–Trinajstić information content (AvgIpc) is 3.04. The molecule has 0 aliphatic carbocycles. The molecule has 5 nitrogen and oxygen atoms in total. The molecule has 0 saturated carbocycles. The number of thioether (sulfide) groups is 1. The number of carbonyl (C=O) groups is 1. The van der Waals surface area contributed by atoms with Crippen LogP contribution in [0.3, 0.4) is 0 Å². The highest BCUT2D eigenvalue weighted by Crippen LogP contribution is 2.28. The molecule has 6 heteroatoms. The number of carbonyl (C=O) groups excluding carboxylic acids is 1. The summed E-state index contributed by atoms with van der Waals surface area (Å²) in [5, 5.41) is 12.5. The Hall–Kier alpha value is -2.60. The van der Waals surface area contributed by atoms with Crippen molar-refractivity contribution in [2.24, 2.45) is 0 Å². The van der Waals surface area contributed by atoms with Gasteiger partial charge in [0.25, 0.3) is 0 Å².